The first kappa shape index (κ1) is 18.6. The molecule has 0 saturated heterocycles. The molecule has 1 amide bonds. The molecule has 0 aliphatic rings. The number of anilines is 1. The number of para-hydroxylation sites is 1. The first-order chi connectivity index (χ1) is 12.1. The molecular weight excluding hydrogens is 320 g/mol. The highest BCUT2D eigenvalue weighted by atomic mass is 16.5. The summed E-state index contributed by atoms with van der Waals surface area (Å²) in [6, 6.07) is 13.0. The maximum atomic E-state index is 12.2. The van der Waals surface area contributed by atoms with Crippen molar-refractivity contribution in [3.63, 3.8) is 0 Å². The fourth-order valence-electron chi connectivity index (χ4n) is 2.63. The molecular formula is C19H25N2O4+. The number of hydrogen-bond acceptors (Lipinski definition) is 4. The fraction of sp³-hybridized carbons (Fsp3) is 0.316. The normalized spacial score (nSPS) is 11.5. The molecule has 0 radical (unpaired) electrons. The number of quaternary nitrogens is 1. The molecule has 2 N–H and O–H groups in total. The SMILES string of the molecule is COc1ccc(NC(=O)C[NH+](C)Cc2cccc(OC)c2OC)cc1. The number of methoxy groups -OCH3 is 3. The van der Waals surface area contributed by atoms with Crippen LogP contribution in [-0.2, 0) is 11.3 Å². The Morgan fingerprint density at radius 2 is 1.72 bits per heavy atom. The Labute approximate surface area is 148 Å². The first-order valence-corrected chi connectivity index (χ1v) is 8.02. The molecule has 2 aromatic carbocycles. The Hall–Kier alpha value is -2.73. The average molecular weight is 345 g/mol. The maximum absolute atomic E-state index is 12.2. The lowest BCUT2D eigenvalue weighted by Crippen LogP contribution is -3.08. The van der Waals surface area contributed by atoms with E-state index >= 15 is 0 Å². The minimum absolute atomic E-state index is 0.0514. The minimum Gasteiger partial charge on any atom is -0.497 e. The monoisotopic (exact) mass is 345 g/mol. The molecule has 1 unspecified atom stereocenters. The van der Waals surface area contributed by atoms with E-state index in [1.165, 1.54) is 0 Å². The highest BCUT2D eigenvalue weighted by Crippen LogP contribution is 2.30. The molecule has 1 atom stereocenters. The van der Waals surface area contributed by atoms with Crippen LogP contribution in [0.5, 0.6) is 17.2 Å². The van der Waals surface area contributed by atoms with Crippen LogP contribution in [0.1, 0.15) is 5.56 Å². The topological polar surface area (TPSA) is 61.2 Å². The van der Waals surface area contributed by atoms with E-state index in [0.29, 0.717) is 24.6 Å². The molecule has 0 fully saturated rings. The number of carbonyl (C=O) groups is 1. The predicted molar refractivity (Wildman–Crippen MR) is 96.6 cm³/mol. The van der Waals surface area contributed by atoms with Gasteiger partial charge in [0.1, 0.15) is 12.3 Å². The summed E-state index contributed by atoms with van der Waals surface area (Å²) in [5.74, 6) is 2.10. The van der Waals surface area contributed by atoms with E-state index in [0.717, 1.165) is 21.9 Å². The van der Waals surface area contributed by atoms with Gasteiger partial charge in [-0.05, 0) is 36.4 Å². The lowest BCUT2D eigenvalue weighted by molar-refractivity contribution is -0.885. The molecule has 2 rings (SSSR count). The predicted octanol–water partition coefficient (Wildman–Crippen LogP) is 1.37. The Morgan fingerprint density at radius 3 is 2.32 bits per heavy atom. The zero-order chi connectivity index (χ0) is 18.2. The molecule has 6 nitrogen and oxygen atoms in total. The molecule has 0 aliphatic carbocycles. The van der Waals surface area contributed by atoms with Crippen LogP contribution in [0.2, 0.25) is 0 Å². The summed E-state index contributed by atoms with van der Waals surface area (Å²) >= 11 is 0. The van der Waals surface area contributed by atoms with Gasteiger partial charge < -0.3 is 24.4 Å². The molecule has 0 heterocycles. The zero-order valence-electron chi connectivity index (χ0n) is 15.1. The molecule has 0 bridgehead atoms. The van der Waals surface area contributed by atoms with Gasteiger partial charge in [-0.25, -0.2) is 0 Å². The summed E-state index contributed by atoms with van der Waals surface area (Å²) in [5, 5.41) is 2.89. The van der Waals surface area contributed by atoms with Crippen LogP contribution in [0.3, 0.4) is 0 Å². The number of likely N-dealkylation sites (N-methyl/N-ethyl adjacent to an activating group) is 1. The van der Waals surface area contributed by atoms with E-state index in [4.69, 9.17) is 14.2 Å². The molecule has 6 heteroatoms. The lowest BCUT2D eigenvalue weighted by atomic mass is 10.1. The largest absolute Gasteiger partial charge is 0.497 e. The summed E-state index contributed by atoms with van der Waals surface area (Å²) < 4.78 is 15.9. The number of rotatable bonds is 8. The van der Waals surface area contributed by atoms with Crippen LogP contribution in [0.15, 0.2) is 42.5 Å². The van der Waals surface area contributed by atoms with Crippen molar-refractivity contribution < 1.29 is 23.9 Å². The molecule has 0 spiro atoms. The summed E-state index contributed by atoms with van der Waals surface area (Å²) in [7, 11) is 6.80. The van der Waals surface area contributed by atoms with Gasteiger partial charge >= 0.3 is 0 Å². The third kappa shape index (κ3) is 5.12. The maximum Gasteiger partial charge on any atom is 0.279 e. The van der Waals surface area contributed by atoms with Crippen LogP contribution in [-0.4, -0.2) is 40.8 Å². The second-order valence-corrected chi connectivity index (χ2v) is 5.74. The average Bonchev–Trinajstić information content (AvgIpc) is 2.61. The number of nitrogens with one attached hydrogen (secondary N) is 2. The fourth-order valence-corrected chi connectivity index (χ4v) is 2.63. The van der Waals surface area contributed by atoms with Crippen molar-refractivity contribution in [1.82, 2.24) is 0 Å². The van der Waals surface area contributed by atoms with Gasteiger partial charge in [0.25, 0.3) is 5.91 Å². The van der Waals surface area contributed by atoms with Gasteiger partial charge in [-0.3, -0.25) is 4.79 Å². The lowest BCUT2D eigenvalue weighted by Gasteiger charge is -2.17. The number of amides is 1. The number of hydrogen-bond donors (Lipinski definition) is 2. The van der Waals surface area contributed by atoms with Crippen molar-refractivity contribution in [2.75, 3.05) is 40.2 Å². The van der Waals surface area contributed by atoms with E-state index in [-0.39, 0.29) is 5.91 Å². The molecule has 134 valence electrons. The second-order valence-electron chi connectivity index (χ2n) is 5.74. The Morgan fingerprint density at radius 1 is 1.00 bits per heavy atom. The Kier molecular flexibility index (Phi) is 6.65. The number of carbonyl (C=O) groups excluding carboxylic acids is 1. The van der Waals surface area contributed by atoms with Crippen LogP contribution >= 0.6 is 0 Å². The smallest absolute Gasteiger partial charge is 0.279 e. The van der Waals surface area contributed by atoms with E-state index in [9.17, 15) is 4.79 Å². The third-order valence-corrected chi connectivity index (χ3v) is 3.81. The summed E-state index contributed by atoms with van der Waals surface area (Å²) in [5.41, 5.74) is 1.74. The van der Waals surface area contributed by atoms with Gasteiger partial charge in [-0.15, -0.1) is 0 Å². The van der Waals surface area contributed by atoms with Crippen molar-refractivity contribution in [2.24, 2.45) is 0 Å². The summed E-state index contributed by atoms with van der Waals surface area (Å²) in [6.07, 6.45) is 0. The first-order valence-electron chi connectivity index (χ1n) is 8.02. The minimum atomic E-state index is -0.0514. The van der Waals surface area contributed by atoms with Gasteiger partial charge in [0.05, 0.1) is 33.9 Å². The highest BCUT2D eigenvalue weighted by molar-refractivity contribution is 5.91. The molecule has 0 saturated carbocycles. The van der Waals surface area contributed by atoms with Crippen LogP contribution in [0, 0.1) is 0 Å². The standard InChI is InChI=1S/C19H24N2O4/c1-21(12-14-6-5-7-17(24-3)19(14)25-4)13-18(22)20-15-8-10-16(23-2)11-9-15/h5-11H,12-13H2,1-4H3,(H,20,22)/p+1. The second kappa shape index (κ2) is 8.94. The molecule has 2 aromatic rings. The van der Waals surface area contributed by atoms with E-state index < -0.39 is 0 Å². The van der Waals surface area contributed by atoms with Crippen molar-refractivity contribution in [3.8, 4) is 17.2 Å². The van der Waals surface area contributed by atoms with Crippen molar-refractivity contribution in [2.45, 2.75) is 6.54 Å². The van der Waals surface area contributed by atoms with Crippen molar-refractivity contribution in [3.05, 3.63) is 48.0 Å². The van der Waals surface area contributed by atoms with E-state index in [2.05, 4.69) is 5.32 Å². The Balaban J connectivity index is 1.95. The van der Waals surface area contributed by atoms with Crippen molar-refractivity contribution in [1.29, 1.82) is 0 Å². The molecule has 0 aromatic heterocycles. The number of ether oxygens (including phenoxy) is 3. The quantitative estimate of drug-likeness (QED) is 0.759. The van der Waals surface area contributed by atoms with E-state index in [1.54, 1.807) is 21.3 Å². The van der Waals surface area contributed by atoms with Crippen LogP contribution < -0.4 is 24.4 Å². The zero-order valence-corrected chi connectivity index (χ0v) is 15.1. The van der Waals surface area contributed by atoms with Gasteiger partial charge in [-0.1, -0.05) is 6.07 Å². The van der Waals surface area contributed by atoms with Crippen LogP contribution in [0.4, 0.5) is 5.69 Å². The molecule has 0 aliphatic heterocycles. The van der Waals surface area contributed by atoms with Gasteiger partial charge in [0, 0.05) is 5.69 Å². The number of benzene rings is 2. The highest BCUT2D eigenvalue weighted by Gasteiger charge is 2.16. The van der Waals surface area contributed by atoms with Crippen LogP contribution in [0.25, 0.3) is 0 Å². The third-order valence-electron chi connectivity index (χ3n) is 3.81. The van der Waals surface area contributed by atoms with Crippen molar-refractivity contribution >= 4 is 11.6 Å². The summed E-state index contributed by atoms with van der Waals surface area (Å²) in [6.45, 7) is 0.989. The van der Waals surface area contributed by atoms with E-state index in [1.807, 2.05) is 49.5 Å². The van der Waals surface area contributed by atoms with Gasteiger partial charge in [0.2, 0.25) is 0 Å². The summed E-state index contributed by atoms with van der Waals surface area (Å²) in [4.78, 5) is 13.3. The van der Waals surface area contributed by atoms with Gasteiger partial charge in [0.15, 0.2) is 18.0 Å². The van der Waals surface area contributed by atoms with Gasteiger partial charge in [-0.2, -0.15) is 0 Å². The molecule has 25 heavy (non-hydrogen) atoms. The Bertz CT molecular complexity index is 701.